The molecule has 80 valence electrons. The molecule has 0 saturated heterocycles. The number of rotatable bonds is 3. The van der Waals surface area contributed by atoms with Crippen molar-refractivity contribution in [2.45, 2.75) is 12.5 Å². The van der Waals surface area contributed by atoms with E-state index in [1.807, 2.05) is 0 Å². The molecule has 1 aromatic carbocycles. The van der Waals surface area contributed by atoms with Crippen LogP contribution in [0.3, 0.4) is 0 Å². The topological polar surface area (TPSA) is 46.2 Å². The third-order valence-electron chi connectivity index (χ3n) is 1.73. The molecule has 0 saturated carbocycles. The van der Waals surface area contributed by atoms with Crippen molar-refractivity contribution in [3.8, 4) is 0 Å². The third kappa shape index (κ3) is 3.92. The number of benzene rings is 1. The Bertz CT molecular complexity index is 298. The average molecular weight is 285 g/mol. The summed E-state index contributed by atoms with van der Waals surface area (Å²) in [4.78, 5) is 0. The second kappa shape index (κ2) is 6.35. The predicted molar refractivity (Wildman–Crippen MR) is 60.1 cm³/mol. The molecule has 5 heteroatoms. The summed E-state index contributed by atoms with van der Waals surface area (Å²) < 4.78 is 13.3. The fourth-order valence-electron chi connectivity index (χ4n) is 1.03. The first-order valence-electron chi connectivity index (χ1n) is 3.94. The molecule has 0 heterocycles. The molecule has 1 atom stereocenters. The molecular formula is C9H12BrClFNO. The molecule has 0 aliphatic heterocycles. The molecule has 0 fully saturated rings. The van der Waals surface area contributed by atoms with Gasteiger partial charge >= 0.3 is 0 Å². The van der Waals surface area contributed by atoms with Gasteiger partial charge in [-0.2, -0.15) is 0 Å². The summed E-state index contributed by atoms with van der Waals surface area (Å²) in [5, 5.41) is 8.73. The van der Waals surface area contributed by atoms with E-state index in [0.717, 1.165) is 5.56 Å². The highest BCUT2D eigenvalue weighted by molar-refractivity contribution is 9.10. The van der Waals surface area contributed by atoms with E-state index in [-0.39, 0.29) is 30.9 Å². The van der Waals surface area contributed by atoms with Gasteiger partial charge in [-0.25, -0.2) is 4.39 Å². The zero-order valence-corrected chi connectivity index (χ0v) is 9.81. The van der Waals surface area contributed by atoms with Gasteiger partial charge in [0.25, 0.3) is 0 Å². The van der Waals surface area contributed by atoms with Crippen molar-refractivity contribution in [2.75, 3.05) is 6.61 Å². The van der Waals surface area contributed by atoms with Gasteiger partial charge in [-0.3, -0.25) is 0 Å². The van der Waals surface area contributed by atoms with Gasteiger partial charge in [0.05, 0.1) is 6.61 Å². The molecule has 0 spiro atoms. The van der Waals surface area contributed by atoms with Crippen LogP contribution in [0.1, 0.15) is 5.56 Å². The van der Waals surface area contributed by atoms with E-state index in [2.05, 4.69) is 15.9 Å². The number of halogens is 3. The molecule has 0 radical (unpaired) electrons. The summed E-state index contributed by atoms with van der Waals surface area (Å²) in [5.74, 6) is -0.284. The van der Waals surface area contributed by atoms with Gasteiger partial charge < -0.3 is 10.8 Å². The van der Waals surface area contributed by atoms with Gasteiger partial charge in [-0.15, -0.1) is 12.4 Å². The highest BCUT2D eigenvalue weighted by Crippen LogP contribution is 2.18. The first-order chi connectivity index (χ1) is 6.13. The molecule has 0 amide bonds. The molecule has 0 bridgehead atoms. The molecule has 2 nitrogen and oxygen atoms in total. The van der Waals surface area contributed by atoms with Crippen LogP contribution in [0, 0.1) is 5.82 Å². The first kappa shape index (κ1) is 13.8. The lowest BCUT2D eigenvalue weighted by Crippen LogP contribution is -2.26. The Kier molecular flexibility index (Phi) is 6.27. The second-order valence-corrected chi connectivity index (χ2v) is 3.74. The van der Waals surface area contributed by atoms with Crippen molar-refractivity contribution in [1.82, 2.24) is 0 Å². The summed E-state index contributed by atoms with van der Waals surface area (Å²) >= 11 is 3.23. The van der Waals surface area contributed by atoms with Gasteiger partial charge in [-0.05, 0) is 24.1 Å². The highest BCUT2D eigenvalue weighted by atomic mass is 79.9. The normalized spacial score (nSPS) is 12.0. The summed E-state index contributed by atoms with van der Waals surface area (Å²) in [6.07, 6.45) is 0.539. The number of aliphatic hydroxyl groups excluding tert-OH is 1. The Morgan fingerprint density at radius 1 is 1.50 bits per heavy atom. The zero-order valence-electron chi connectivity index (χ0n) is 7.41. The maximum atomic E-state index is 12.7. The van der Waals surface area contributed by atoms with Crippen LogP contribution in [0.25, 0.3) is 0 Å². The van der Waals surface area contributed by atoms with Gasteiger partial charge in [0.2, 0.25) is 0 Å². The molecule has 14 heavy (non-hydrogen) atoms. The third-order valence-corrected chi connectivity index (χ3v) is 2.47. The standard InChI is InChI=1S/C9H11BrFNO.ClH/c10-9-4-7(11)2-1-6(9)3-8(12)5-13;/h1-2,4,8,13H,3,5,12H2;1H. The minimum Gasteiger partial charge on any atom is -0.395 e. The molecule has 0 aliphatic carbocycles. The Morgan fingerprint density at radius 3 is 2.64 bits per heavy atom. The molecule has 3 N–H and O–H groups in total. The lowest BCUT2D eigenvalue weighted by molar-refractivity contribution is 0.265. The molecule has 0 aromatic heterocycles. The molecule has 1 rings (SSSR count). The minimum absolute atomic E-state index is 0. The Morgan fingerprint density at radius 2 is 2.14 bits per heavy atom. The number of hydrogen-bond acceptors (Lipinski definition) is 2. The van der Waals surface area contributed by atoms with Crippen LogP contribution in [0.2, 0.25) is 0 Å². The summed E-state index contributed by atoms with van der Waals surface area (Å²) in [6, 6.07) is 4.14. The Labute approximate surface area is 96.8 Å². The molecule has 1 unspecified atom stereocenters. The molecule has 0 aliphatic rings. The van der Waals surface area contributed by atoms with Crippen LogP contribution < -0.4 is 5.73 Å². The largest absolute Gasteiger partial charge is 0.395 e. The quantitative estimate of drug-likeness (QED) is 0.890. The molecule has 1 aromatic rings. The minimum atomic E-state index is -0.290. The van der Waals surface area contributed by atoms with E-state index < -0.39 is 0 Å². The molecular weight excluding hydrogens is 272 g/mol. The van der Waals surface area contributed by atoms with Gasteiger partial charge in [0.15, 0.2) is 0 Å². The van der Waals surface area contributed by atoms with Crippen LogP contribution in [-0.4, -0.2) is 17.8 Å². The lowest BCUT2D eigenvalue weighted by atomic mass is 10.1. The van der Waals surface area contributed by atoms with Gasteiger partial charge in [-0.1, -0.05) is 22.0 Å². The SMILES string of the molecule is Cl.NC(CO)Cc1ccc(F)cc1Br. The lowest BCUT2D eigenvalue weighted by Gasteiger charge is -2.09. The maximum Gasteiger partial charge on any atom is 0.124 e. The smallest absolute Gasteiger partial charge is 0.124 e. The van der Waals surface area contributed by atoms with Crippen molar-refractivity contribution in [1.29, 1.82) is 0 Å². The van der Waals surface area contributed by atoms with Crippen molar-refractivity contribution >= 4 is 28.3 Å². The van der Waals surface area contributed by atoms with Gasteiger partial charge in [0.1, 0.15) is 5.82 Å². The summed E-state index contributed by atoms with van der Waals surface area (Å²) in [6.45, 7) is -0.0657. The van der Waals surface area contributed by atoms with E-state index in [9.17, 15) is 4.39 Å². The van der Waals surface area contributed by atoms with Crippen LogP contribution in [0.5, 0.6) is 0 Å². The van der Waals surface area contributed by atoms with Crippen LogP contribution >= 0.6 is 28.3 Å². The zero-order chi connectivity index (χ0) is 9.84. The number of aliphatic hydroxyl groups is 1. The van der Waals surface area contributed by atoms with Crippen molar-refractivity contribution in [3.63, 3.8) is 0 Å². The monoisotopic (exact) mass is 283 g/mol. The van der Waals surface area contributed by atoms with E-state index in [1.54, 1.807) is 6.07 Å². The average Bonchev–Trinajstić information content (AvgIpc) is 2.09. The maximum absolute atomic E-state index is 12.7. The Balaban J connectivity index is 0.00000169. The van der Waals surface area contributed by atoms with E-state index >= 15 is 0 Å². The van der Waals surface area contributed by atoms with Crippen molar-refractivity contribution < 1.29 is 9.50 Å². The van der Waals surface area contributed by atoms with Gasteiger partial charge in [0, 0.05) is 10.5 Å². The summed E-state index contributed by atoms with van der Waals surface area (Å²) in [5.41, 5.74) is 6.45. The van der Waals surface area contributed by atoms with E-state index in [1.165, 1.54) is 12.1 Å². The van der Waals surface area contributed by atoms with Crippen molar-refractivity contribution in [3.05, 3.63) is 34.1 Å². The second-order valence-electron chi connectivity index (χ2n) is 2.88. The number of nitrogens with two attached hydrogens (primary N) is 1. The summed E-state index contributed by atoms with van der Waals surface area (Å²) in [7, 11) is 0. The van der Waals surface area contributed by atoms with Crippen LogP contribution in [0.15, 0.2) is 22.7 Å². The van der Waals surface area contributed by atoms with Crippen molar-refractivity contribution in [2.24, 2.45) is 5.73 Å². The highest BCUT2D eigenvalue weighted by Gasteiger charge is 2.06. The first-order valence-corrected chi connectivity index (χ1v) is 4.73. The van der Waals surface area contributed by atoms with Crippen LogP contribution in [0.4, 0.5) is 4.39 Å². The van der Waals surface area contributed by atoms with E-state index in [4.69, 9.17) is 10.8 Å². The fourth-order valence-corrected chi connectivity index (χ4v) is 1.55. The predicted octanol–water partition coefficient (Wildman–Crippen LogP) is 1.87. The number of hydrogen-bond donors (Lipinski definition) is 2. The fraction of sp³-hybridized carbons (Fsp3) is 0.333. The van der Waals surface area contributed by atoms with E-state index in [0.29, 0.717) is 10.9 Å². The Hall–Kier alpha value is -0.160. The van der Waals surface area contributed by atoms with Crippen LogP contribution in [-0.2, 0) is 6.42 Å².